The van der Waals surface area contributed by atoms with Crippen LogP contribution in [0, 0.1) is 6.92 Å². The van der Waals surface area contributed by atoms with E-state index in [1.165, 1.54) is 11.7 Å². The topological polar surface area (TPSA) is 68.5 Å². The zero-order chi connectivity index (χ0) is 13.3. The molecular formula is C12H13NO4S. The molecule has 0 atom stereocenters. The van der Waals surface area contributed by atoms with Gasteiger partial charge in [0.15, 0.2) is 0 Å². The minimum atomic E-state index is -0.923. The summed E-state index contributed by atoms with van der Waals surface area (Å²) >= 11 is 1.12. The number of aryl methyl sites for hydroxylation is 2. The molecule has 1 aromatic heterocycles. The summed E-state index contributed by atoms with van der Waals surface area (Å²) < 4.78 is 7.57. The molecule has 1 N–H and O–H groups in total. The van der Waals surface area contributed by atoms with Crippen molar-refractivity contribution in [1.82, 2.24) is 4.57 Å². The molecule has 0 saturated heterocycles. The Labute approximate surface area is 107 Å². The van der Waals surface area contributed by atoms with Crippen LogP contribution >= 0.6 is 11.3 Å². The zero-order valence-corrected chi connectivity index (χ0v) is 10.9. The van der Waals surface area contributed by atoms with Gasteiger partial charge in [-0.2, -0.15) is 0 Å². The van der Waals surface area contributed by atoms with E-state index in [-0.39, 0.29) is 17.8 Å². The fourth-order valence-electron chi connectivity index (χ4n) is 1.85. The molecule has 18 heavy (non-hydrogen) atoms. The van der Waals surface area contributed by atoms with Gasteiger partial charge in [0, 0.05) is 6.54 Å². The fourth-order valence-corrected chi connectivity index (χ4v) is 2.85. The number of benzene rings is 1. The van der Waals surface area contributed by atoms with Gasteiger partial charge in [0.1, 0.15) is 11.3 Å². The number of carboxylic acid groups (broad SMARTS) is 1. The molecule has 0 unspecified atom stereocenters. The molecule has 0 fully saturated rings. The molecule has 0 aliphatic heterocycles. The summed E-state index contributed by atoms with van der Waals surface area (Å²) in [7, 11) is 1.54. The van der Waals surface area contributed by atoms with Crippen LogP contribution < -0.4 is 9.61 Å². The maximum atomic E-state index is 11.9. The molecule has 2 aromatic rings. The van der Waals surface area contributed by atoms with E-state index in [9.17, 15) is 9.59 Å². The third-order valence-electron chi connectivity index (χ3n) is 2.74. The van der Waals surface area contributed by atoms with Crippen molar-refractivity contribution >= 4 is 27.5 Å². The zero-order valence-electron chi connectivity index (χ0n) is 10.1. The fraction of sp³-hybridized carbons (Fsp3) is 0.333. The highest BCUT2D eigenvalue weighted by molar-refractivity contribution is 7.16. The molecule has 0 bridgehead atoms. The number of thiazole rings is 1. The lowest BCUT2D eigenvalue weighted by atomic mass is 10.2. The Balaban J connectivity index is 2.64. The number of aromatic nitrogens is 1. The maximum Gasteiger partial charge on any atom is 0.308 e. The Morgan fingerprint density at radius 3 is 2.83 bits per heavy atom. The Morgan fingerprint density at radius 2 is 2.22 bits per heavy atom. The molecule has 5 nitrogen and oxygen atoms in total. The molecule has 0 radical (unpaired) electrons. The first kappa shape index (κ1) is 12.6. The van der Waals surface area contributed by atoms with E-state index in [2.05, 4.69) is 0 Å². The Kier molecular flexibility index (Phi) is 3.38. The summed E-state index contributed by atoms with van der Waals surface area (Å²) in [6, 6.07) is 3.68. The predicted octanol–water partition coefficient (Wildman–Crippen LogP) is 1.85. The maximum absolute atomic E-state index is 11.9. The number of carboxylic acids is 1. The van der Waals surface area contributed by atoms with Crippen LogP contribution in [0.2, 0.25) is 0 Å². The SMILES string of the molecule is COc1ccc(C)c2sc(=O)n(CCC(=O)O)c12. The number of nitrogens with zero attached hydrogens (tertiary/aromatic N) is 1. The molecule has 0 saturated carbocycles. The van der Waals surface area contributed by atoms with Crippen LogP contribution in [0.4, 0.5) is 0 Å². The van der Waals surface area contributed by atoms with Gasteiger partial charge in [-0.15, -0.1) is 0 Å². The third-order valence-corrected chi connectivity index (χ3v) is 3.85. The molecule has 96 valence electrons. The van der Waals surface area contributed by atoms with Gasteiger partial charge in [0.05, 0.1) is 18.2 Å². The van der Waals surface area contributed by atoms with Gasteiger partial charge in [-0.3, -0.25) is 14.2 Å². The summed E-state index contributed by atoms with van der Waals surface area (Å²) in [5.74, 6) is -0.327. The molecular weight excluding hydrogens is 254 g/mol. The number of rotatable bonds is 4. The van der Waals surface area contributed by atoms with Gasteiger partial charge in [-0.05, 0) is 18.6 Å². The minimum absolute atomic E-state index is 0.0805. The largest absolute Gasteiger partial charge is 0.495 e. The van der Waals surface area contributed by atoms with E-state index in [0.717, 1.165) is 21.6 Å². The summed E-state index contributed by atoms with van der Waals surface area (Å²) in [4.78, 5) is 22.4. The van der Waals surface area contributed by atoms with Crippen molar-refractivity contribution in [1.29, 1.82) is 0 Å². The summed E-state index contributed by atoms with van der Waals surface area (Å²) in [5.41, 5.74) is 1.68. The number of ether oxygens (including phenoxy) is 1. The Hall–Kier alpha value is -1.82. The molecule has 1 aromatic carbocycles. The smallest absolute Gasteiger partial charge is 0.308 e. The lowest BCUT2D eigenvalue weighted by Crippen LogP contribution is -2.15. The van der Waals surface area contributed by atoms with Crippen molar-refractivity contribution in [2.75, 3.05) is 7.11 Å². The number of aliphatic carboxylic acids is 1. The van der Waals surface area contributed by atoms with Crippen molar-refractivity contribution in [2.45, 2.75) is 19.9 Å². The monoisotopic (exact) mass is 267 g/mol. The number of hydrogen-bond acceptors (Lipinski definition) is 4. The molecule has 1 heterocycles. The van der Waals surface area contributed by atoms with Crippen LogP contribution in [0.25, 0.3) is 10.2 Å². The lowest BCUT2D eigenvalue weighted by molar-refractivity contribution is -0.137. The van der Waals surface area contributed by atoms with Gasteiger partial charge in [-0.25, -0.2) is 0 Å². The molecule has 2 rings (SSSR count). The highest BCUT2D eigenvalue weighted by Gasteiger charge is 2.14. The first-order valence-corrected chi connectivity index (χ1v) is 6.25. The van der Waals surface area contributed by atoms with Crippen molar-refractivity contribution in [3.63, 3.8) is 0 Å². The van der Waals surface area contributed by atoms with Crippen LogP contribution in [0.5, 0.6) is 5.75 Å². The van der Waals surface area contributed by atoms with E-state index in [1.54, 1.807) is 6.07 Å². The number of hydrogen-bond donors (Lipinski definition) is 1. The average molecular weight is 267 g/mol. The van der Waals surface area contributed by atoms with Gasteiger partial charge >= 0.3 is 10.8 Å². The number of methoxy groups -OCH3 is 1. The van der Waals surface area contributed by atoms with E-state index < -0.39 is 5.97 Å². The molecule has 0 amide bonds. The van der Waals surface area contributed by atoms with Gasteiger partial charge in [0.25, 0.3) is 0 Å². The average Bonchev–Trinajstić information content (AvgIpc) is 2.65. The molecule has 0 aliphatic rings. The van der Waals surface area contributed by atoms with Crippen LogP contribution in [-0.4, -0.2) is 22.8 Å². The van der Waals surface area contributed by atoms with E-state index in [0.29, 0.717) is 11.3 Å². The standard InChI is InChI=1S/C12H13NO4S/c1-7-3-4-8(17-2)10-11(7)18-12(16)13(10)6-5-9(14)15/h3-4H,5-6H2,1-2H3,(H,14,15). The summed E-state index contributed by atoms with van der Waals surface area (Å²) in [6.45, 7) is 2.08. The molecule has 0 spiro atoms. The highest BCUT2D eigenvalue weighted by Crippen LogP contribution is 2.30. The van der Waals surface area contributed by atoms with E-state index in [4.69, 9.17) is 9.84 Å². The van der Waals surface area contributed by atoms with Crippen molar-refractivity contribution < 1.29 is 14.6 Å². The summed E-state index contributed by atoms with van der Waals surface area (Å²) in [6.07, 6.45) is -0.0805. The van der Waals surface area contributed by atoms with Crippen LogP contribution in [0.3, 0.4) is 0 Å². The van der Waals surface area contributed by atoms with E-state index >= 15 is 0 Å². The second-order valence-electron chi connectivity index (χ2n) is 3.93. The van der Waals surface area contributed by atoms with Crippen LogP contribution in [-0.2, 0) is 11.3 Å². The molecule has 6 heteroatoms. The first-order chi connectivity index (χ1) is 8.54. The predicted molar refractivity (Wildman–Crippen MR) is 69.6 cm³/mol. The number of fused-ring (bicyclic) bond motifs is 1. The van der Waals surface area contributed by atoms with Gasteiger partial charge in [0.2, 0.25) is 0 Å². The lowest BCUT2D eigenvalue weighted by Gasteiger charge is -2.07. The van der Waals surface area contributed by atoms with Gasteiger partial charge < -0.3 is 9.84 Å². The van der Waals surface area contributed by atoms with Crippen LogP contribution in [0.15, 0.2) is 16.9 Å². The van der Waals surface area contributed by atoms with Crippen molar-refractivity contribution in [3.05, 3.63) is 27.4 Å². The van der Waals surface area contributed by atoms with Crippen molar-refractivity contribution in [3.8, 4) is 5.75 Å². The normalized spacial score (nSPS) is 10.8. The Bertz CT molecular complexity index is 656. The highest BCUT2D eigenvalue weighted by atomic mass is 32.1. The van der Waals surface area contributed by atoms with E-state index in [1.807, 2.05) is 13.0 Å². The van der Waals surface area contributed by atoms with Gasteiger partial charge in [-0.1, -0.05) is 17.4 Å². The second-order valence-corrected chi connectivity index (χ2v) is 4.89. The van der Waals surface area contributed by atoms with Crippen LogP contribution in [0.1, 0.15) is 12.0 Å². The minimum Gasteiger partial charge on any atom is -0.495 e. The molecule has 0 aliphatic carbocycles. The summed E-state index contributed by atoms with van der Waals surface area (Å²) in [5, 5.41) is 8.71. The first-order valence-electron chi connectivity index (χ1n) is 5.43. The Morgan fingerprint density at radius 1 is 1.50 bits per heavy atom. The van der Waals surface area contributed by atoms with Crippen molar-refractivity contribution in [2.24, 2.45) is 0 Å². The quantitative estimate of drug-likeness (QED) is 0.918. The second kappa shape index (κ2) is 4.81. The third kappa shape index (κ3) is 2.11. The number of carbonyl (C=O) groups is 1.